The van der Waals surface area contributed by atoms with Crippen LogP contribution in [0.1, 0.15) is 58.7 Å². The summed E-state index contributed by atoms with van der Waals surface area (Å²) >= 11 is 0. The monoisotopic (exact) mass is 460 g/mol. The van der Waals surface area contributed by atoms with Gasteiger partial charge in [0.25, 0.3) is 5.91 Å². The number of nitrogens with zero attached hydrogens (tertiary/aromatic N) is 3. The number of hydrogen-bond acceptors (Lipinski definition) is 3. The third-order valence-corrected chi connectivity index (χ3v) is 6.25. The van der Waals surface area contributed by atoms with Crippen molar-refractivity contribution in [3.8, 4) is 11.1 Å². The number of aromatic nitrogens is 3. The molecule has 0 aliphatic rings. The molecule has 5 aromatic rings. The maximum absolute atomic E-state index is 13.7. The molecule has 0 aliphatic heterocycles. The van der Waals surface area contributed by atoms with Gasteiger partial charge >= 0.3 is 0 Å². The van der Waals surface area contributed by atoms with E-state index in [4.69, 9.17) is 10.1 Å². The Morgan fingerprint density at radius 1 is 0.829 bits per heavy atom. The van der Waals surface area contributed by atoms with Crippen LogP contribution in [0.4, 0.5) is 0 Å². The molecule has 2 aromatic heterocycles. The molecule has 3 aromatic carbocycles. The van der Waals surface area contributed by atoms with Crippen LogP contribution in [0.25, 0.3) is 16.8 Å². The van der Waals surface area contributed by atoms with Crippen molar-refractivity contribution in [1.82, 2.24) is 19.9 Å². The zero-order valence-corrected chi connectivity index (χ0v) is 20.1. The van der Waals surface area contributed by atoms with Crippen molar-refractivity contribution in [2.75, 3.05) is 0 Å². The van der Waals surface area contributed by atoms with Crippen LogP contribution in [-0.2, 0) is 0 Å². The van der Waals surface area contributed by atoms with Gasteiger partial charge in [-0.1, -0.05) is 105 Å². The van der Waals surface area contributed by atoms with Gasteiger partial charge in [-0.25, -0.2) is 9.50 Å². The van der Waals surface area contributed by atoms with Crippen molar-refractivity contribution in [3.05, 3.63) is 125 Å². The lowest BCUT2D eigenvalue weighted by atomic mass is 9.97. The molecule has 0 aliphatic carbocycles. The molecule has 5 nitrogen and oxygen atoms in total. The van der Waals surface area contributed by atoms with Crippen LogP contribution >= 0.6 is 0 Å². The van der Waals surface area contributed by atoms with Gasteiger partial charge in [0.05, 0.1) is 23.0 Å². The van der Waals surface area contributed by atoms with Gasteiger partial charge in [0.2, 0.25) is 0 Å². The number of amides is 1. The van der Waals surface area contributed by atoms with Crippen LogP contribution in [-0.4, -0.2) is 20.5 Å². The fraction of sp³-hybridized carbons (Fsp3) is 0.167. The van der Waals surface area contributed by atoms with E-state index in [2.05, 4.69) is 31.3 Å². The molecule has 5 heteroatoms. The highest BCUT2D eigenvalue weighted by atomic mass is 16.1. The minimum absolute atomic E-state index is 0.0658. The molecule has 0 atom stereocenters. The van der Waals surface area contributed by atoms with Crippen LogP contribution in [0.3, 0.4) is 0 Å². The van der Waals surface area contributed by atoms with Crippen LogP contribution in [0, 0.1) is 6.92 Å². The standard InChI is InChI=1S/C30H28N4O/c1-20(2)28-25(19-31-29-26(21(3)33-34(28)29)22-13-7-4-8-14-22)30(35)32-27(23-15-9-5-10-16-23)24-17-11-6-12-18-24/h4-20,27H,1-3H3,(H,32,35). The fourth-order valence-corrected chi connectivity index (χ4v) is 4.64. The lowest BCUT2D eigenvalue weighted by molar-refractivity contribution is 0.0940. The first-order chi connectivity index (χ1) is 17.0. The highest BCUT2D eigenvalue weighted by Crippen LogP contribution is 2.31. The van der Waals surface area contributed by atoms with E-state index < -0.39 is 0 Å². The number of hydrogen-bond donors (Lipinski definition) is 1. The molecule has 0 fully saturated rings. The Bertz CT molecular complexity index is 1420. The van der Waals surface area contributed by atoms with E-state index in [1.807, 2.05) is 90.3 Å². The molecule has 0 unspecified atom stereocenters. The molecule has 0 saturated heterocycles. The second-order valence-electron chi connectivity index (χ2n) is 9.00. The maximum Gasteiger partial charge on any atom is 0.255 e. The summed E-state index contributed by atoms with van der Waals surface area (Å²) in [5.74, 6) is -0.105. The number of aryl methyl sites for hydroxylation is 1. The summed E-state index contributed by atoms with van der Waals surface area (Å²) in [6, 6.07) is 29.9. The number of fused-ring (bicyclic) bond motifs is 1. The Morgan fingerprint density at radius 3 is 1.91 bits per heavy atom. The second-order valence-corrected chi connectivity index (χ2v) is 9.00. The summed E-state index contributed by atoms with van der Waals surface area (Å²) in [7, 11) is 0. The molecule has 1 N–H and O–H groups in total. The maximum atomic E-state index is 13.7. The zero-order valence-electron chi connectivity index (χ0n) is 20.1. The number of carbonyl (C=O) groups excluding carboxylic acids is 1. The van der Waals surface area contributed by atoms with Gasteiger partial charge in [0.15, 0.2) is 5.65 Å². The van der Waals surface area contributed by atoms with Crippen molar-refractivity contribution in [2.24, 2.45) is 0 Å². The lowest BCUT2D eigenvalue weighted by Crippen LogP contribution is -2.31. The van der Waals surface area contributed by atoms with Crippen LogP contribution in [0.2, 0.25) is 0 Å². The van der Waals surface area contributed by atoms with E-state index in [1.165, 1.54) is 0 Å². The smallest absolute Gasteiger partial charge is 0.255 e. The van der Waals surface area contributed by atoms with E-state index >= 15 is 0 Å². The number of rotatable bonds is 6. The topological polar surface area (TPSA) is 59.3 Å². The first-order valence-electron chi connectivity index (χ1n) is 11.9. The summed E-state index contributed by atoms with van der Waals surface area (Å²) in [5, 5.41) is 8.08. The van der Waals surface area contributed by atoms with Gasteiger partial charge in [0, 0.05) is 11.8 Å². The fourth-order valence-electron chi connectivity index (χ4n) is 4.64. The molecule has 0 spiro atoms. The quantitative estimate of drug-likeness (QED) is 0.321. The first kappa shape index (κ1) is 22.5. The van der Waals surface area contributed by atoms with E-state index in [0.717, 1.165) is 39.3 Å². The Balaban J connectivity index is 1.60. The SMILES string of the molecule is Cc1nn2c(C(C)C)c(C(=O)NC(c3ccccc3)c3ccccc3)cnc2c1-c1ccccc1. The highest BCUT2D eigenvalue weighted by Gasteiger charge is 2.25. The summed E-state index contributed by atoms with van der Waals surface area (Å²) < 4.78 is 1.84. The summed E-state index contributed by atoms with van der Waals surface area (Å²) in [4.78, 5) is 18.5. The van der Waals surface area contributed by atoms with Gasteiger partial charge in [-0.05, 0) is 29.5 Å². The molecule has 0 radical (unpaired) electrons. The third kappa shape index (κ3) is 4.33. The van der Waals surface area contributed by atoms with E-state index in [9.17, 15) is 4.79 Å². The lowest BCUT2D eigenvalue weighted by Gasteiger charge is -2.21. The van der Waals surface area contributed by atoms with Gasteiger partial charge in [-0.2, -0.15) is 5.10 Å². The van der Waals surface area contributed by atoms with Gasteiger partial charge in [-0.3, -0.25) is 4.79 Å². The van der Waals surface area contributed by atoms with E-state index in [1.54, 1.807) is 6.20 Å². The van der Waals surface area contributed by atoms with Crippen molar-refractivity contribution < 1.29 is 4.79 Å². The normalized spacial score (nSPS) is 11.3. The summed E-state index contributed by atoms with van der Waals surface area (Å²) in [6.45, 7) is 6.15. The van der Waals surface area contributed by atoms with E-state index in [0.29, 0.717) is 5.56 Å². The van der Waals surface area contributed by atoms with Crippen molar-refractivity contribution in [1.29, 1.82) is 0 Å². The molecule has 5 rings (SSSR count). The average molecular weight is 461 g/mol. The predicted octanol–water partition coefficient (Wildman–Crippen LogP) is 6.35. The third-order valence-electron chi connectivity index (χ3n) is 6.25. The molecule has 0 saturated carbocycles. The highest BCUT2D eigenvalue weighted by molar-refractivity contribution is 5.96. The Labute approximate surface area is 205 Å². The first-order valence-corrected chi connectivity index (χ1v) is 11.9. The number of benzene rings is 3. The largest absolute Gasteiger partial charge is 0.341 e. The van der Waals surface area contributed by atoms with Crippen molar-refractivity contribution in [3.63, 3.8) is 0 Å². The number of carbonyl (C=O) groups is 1. The molecule has 1 amide bonds. The molecule has 35 heavy (non-hydrogen) atoms. The van der Waals surface area contributed by atoms with Crippen molar-refractivity contribution in [2.45, 2.75) is 32.7 Å². The Kier molecular flexibility index (Phi) is 6.15. The molecule has 2 heterocycles. The molecule has 174 valence electrons. The van der Waals surface area contributed by atoms with Gasteiger partial charge in [-0.15, -0.1) is 0 Å². The minimum Gasteiger partial charge on any atom is -0.341 e. The van der Waals surface area contributed by atoms with Crippen molar-refractivity contribution >= 4 is 11.6 Å². The van der Waals surface area contributed by atoms with Crippen LogP contribution in [0.15, 0.2) is 97.2 Å². The van der Waals surface area contributed by atoms with Crippen LogP contribution in [0.5, 0.6) is 0 Å². The zero-order chi connectivity index (χ0) is 24.4. The molecular formula is C30H28N4O. The summed E-state index contributed by atoms with van der Waals surface area (Å²) in [6.07, 6.45) is 1.70. The number of nitrogens with one attached hydrogen (secondary N) is 1. The second kappa shape index (κ2) is 9.55. The Morgan fingerprint density at radius 2 is 1.37 bits per heavy atom. The van der Waals surface area contributed by atoms with Crippen LogP contribution < -0.4 is 5.32 Å². The predicted molar refractivity (Wildman–Crippen MR) is 139 cm³/mol. The van der Waals surface area contributed by atoms with Gasteiger partial charge in [0.1, 0.15) is 0 Å². The Hall–Kier alpha value is -4.25. The summed E-state index contributed by atoms with van der Waals surface area (Å²) in [5.41, 5.74) is 7.12. The molecule has 0 bridgehead atoms. The van der Waals surface area contributed by atoms with Gasteiger partial charge < -0.3 is 5.32 Å². The average Bonchev–Trinajstić information content (AvgIpc) is 3.23. The van der Waals surface area contributed by atoms with E-state index in [-0.39, 0.29) is 17.9 Å². The molecular weight excluding hydrogens is 432 g/mol. The minimum atomic E-state index is -0.278.